The Hall–Kier alpha value is -1.89. The van der Waals surface area contributed by atoms with Crippen molar-refractivity contribution in [3.05, 3.63) is 22.2 Å². The second-order valence-corrected chi connectivity index (χ2v) is 5.49. The van der Waals surface area contributed by atoms with Gasteiger partial charge in [-0.2, -0.15) is 0 Å². The molecule has 0 bridgehead atoms. The number of nitrogens with one attached hydrogen (secondary N) is 1. The average Bonchev–Trinajstić information content (AvgIpc) is 2.46. The lowest BCUT2D eigenvalue weighted by molar-refractivity contribution is -0.384. The first-order valence-corrected chi connectivity index (χ1v) is 6.87. The van der Waals surface area contributed by atoms with E-state index >= 15 is 0 Å². The molecule has 0 aliphatic heterocycles. The van der Waals surface area contributed by atoms with E-state index in [4.69, 9.17) is 5.84 Å². The van der Waals surface area contributed by atoms with E-state index in [-0.39, 0.29) is 5.69 Å². The third-order valence-electron chi connectivity index (χ3n) is 4.05. The Morgan fingerprint density at radius 3 is 2.60 bits per heavy atom. The summed E-state index contributed by atoms with van der Waals surface area (Å²) in [6.07, 6.45) is 4.55. The van der Waals surface area contributed by atoms with Crippen LogP contribution < -0.4 is 16.2 Å². The molecule has 3 N–H and O–H groups in total. The van der Waals surface area contributed by atoms with E-state index in [0.717, 1.165) is 18.8 Å². The van der Waals surface area contributed by atoms with E-state index in [1.165, 1.54) is 25.0 Å². The maximum atomic E-state index is 11.0. The Morgan fingerprint density at radius 2 is 2.05 bits per heavy atom. The largest absolute Gasteiger partial charge is 0.356 e. The van der Waals surface area contributed by atoms with Crippen LogP contribution in [0.25, 0.3) is 0 Å². The lowest BCUT2D eigenvalue weighted by Crippen LogP contribution is -2.35. The number of pyridine rings is 1. The molecule has 1 aromatic rings. The van der Waals surface area contributed by atoms with E-state index in [9.17, 15) is 10.1 Å². The number of nitrogens with two attached hydrogens (primary N) is 1. The van der Waals surface area contributed by atoms with E-state index in [2.05, 4.69) is 17.3 Å². The van der Waals surface area contributed by atoms with Gasteiger partial charge in [0.2, 0.25) is 0 Å². The van der Waals surface area contributed by atoms with E-state index in [1.54, 1.807) is 0 Å². The minimum atomic E-state index is -0.428. The lowest BCUT2D eigenvalue weighted by Gasteiger charge is -2.34. The van der Waals surface area contributed by atoms with E-state index in [0.29, 0.717) is 17.7 Å². The predicted molar refractivity (Wildman–Crippen MR) is 78.5 cm³/mol. The molecule has 1 aromatic heterocycles. The fourth-order valence-corrected chi connectivity index (χ4v) is 2.68. The second kappa shape index (κ2) is 6.04. The molecule has 7 nitrogen and oxygen atoms in total. The van der Waals surface area contributed by atoms with Gasteiger partial charge in [-0.25, -0.2) is 10.8 Å². The first-order valence-electron chi connectivity index (χ1n) is 6.87. The smallest absolute Gasteiger partial charge is 0.276 e. The van der Waals surface area contributed by atoms with Crippen LogP contribution in [-0.2, 0) is 0 Å². The summed E-state index contributed by atoms with van der Waals surface area (Å²) in [5, 5.41) is 11.0. The highest BCUT2D eigenvalue weighted by molar-refractivity contribution is 5.55. The minimum Gasteiger partial charge on any atom is -0.356 e. The number of nitro groups is 1. The monoisotopic (exact) mass is 279 g/mol. The molecule has 1 aliphatic rings. The minimum absolute atomic E-state index is 0.000947. The summed E-state index contributed by atoms with van der Waals surface area (Å²) in [6.45, 7) is 2.26. The molecule has 0 amide bonds. The Labute approximate surface area is 118 Å². The zero-order valence-electron chi connectivity index (χ0n) is 11.9. The maximum absolute atomic E-state index is 11.0. The first-order chi connectivity index (χ1) is 9.51. The number of nitrogens with zero attached hydrogens (tertiary/aromatic N) is 3. The van der Waals surface area contributed by atoms with Gasteiger partial charge in [-0.3, -0.25) is 10.1 Å². The van der Waals surface area contributed by atoms with Gasteiger partial charge in [-0.1, -0.05) is 6.92 Å². The summed E-state index contributed by atoms with van der Waals surface area (Å²) in [4.78, 5) is 16.9. The maximum Gasteiger partial charge on any atom is 0.276 e. The summed E-state index contributed by atoms with van der Waals surface area (Å²) < 4.78 is 0. The van der Waals surface area contributed by atoms with Crippen molar-refractivity contribution in [2.45, 2.75) is 38.6 Å². The van der Waals surface area contributed by atoms with Crippen molar-refractivity contribution >= 4 is 17.3 Å². The summed E-state index contributed by atoms with van der Waals surface area (Å²) in [5.74, 6) is 6.99. The molecule has 0 spiro atoms. The topological polar surface area (TPSA) is 97.3 Å². The van der Waals surface area contributed by atoms with Gasteiger partial charge in [0.25, 0.3) is 5.69 Å². The van der Waals surface area contributed by atoms with Crippen molar-refractivity contribution in [1.82, 2.24) is 4.98 Å². The third kappa shape index (κ3) is 3.16. The van der Waals surface area contributed by atoms with Gasteiger partial charge in [0.1, 0.15) is 11.6 Å². The molecular weight excluding hydrogens is 258 g/mol. The quantitative estimate of drug-likeness (QED) is 0.498. The van der Waals surface area contributed by atoms with Crippen LogP contribution in [0.3, 0.4) is 0 Å². The van der Waals surface area contributed by atoms with Crippen LogP contribution >= 0.6 is 0 Å². The van der Waals surface area contributed by atoms with Crippen molar-refractivity contribution in [3.63, 3.8) is 0 Å². The van der Waals surface area contributed by atoms with Crippen LogP contribution in [0.1, 0.15) is 32.6 Å². The Balaban J connectivity index is 2.22. The van der Waals surface area contributed by atoms with Crippen molar-refractivity contribution in [1.29, 1.82) is 0 Å². The summed E-state index contributed by atoms with van der Waals surface area (Å²) >= 11 is 0. The van der Waals surface area contributed by atoms with Gasteiger partial charge < -0.3 is 10.3 Å². The predicted octanol–water partition coefficient (Wildman–Crippen LogP) is 2.29. The number of anilines is 2. The fraction of sp³-hybridized carbons (Fsp3) is 0.615. The zero-order valence-corrected chi connectivity index (χ0v) is 11.9. The Bertz CT molecular complexity index is 486. The highest BCUT2D eigenvalue weighted by atomic mass is 16.6. The van der Waals surface area contributed by atoms with Gasteiger partial charge in [-0.05, 0) is 31.6 Å². The van der Waals surface area contributed by atoms with Gasteiger partial charge >= 0.3 is 0 Å². The van der Waals surface area contributed by atoms with Gasteiger partial charge in [0, 0.05) is 13.1 Å². The average molecular weight is 279 g/mol. The molecule has 0 unspecified atom stereocenters. The molecule has 0 atom stereocenters. The van der Waals surface area contributed by atoms with E-state index < -0.39 is 4.92 Å². The molecule has 7 heteroatoms. The summed E-state index contributed by atoms with van der Waals surface area (Å²) in [7, 11) is 1.94. The lowest BCUT2D eigenvalue weighted by atomic mass is 9.87. The van der Waals surface area contributed by atoms with Crippen LogP contribution in [-0.4, -0.2) is 23.0 Å². The molecule has 0 radical (unpaired) electrons. The molecule has 1 saturated carbocycles. The van der Waals surface area contributed by atoms with Crippen molar-refractivity contribution in [3.8, 4) is 0 Å². The number of hydrogen-bond donors (Lipinski definition) is 2. The van der Waals surface area contributed by atoms with Crippen molar-refractivity contribution in [2.75, 3.05) is 17.4 Å². The Morgan fingerprint density at radius 1 is 1.40 bits per heavy atom. The molecule has 0 aromatic carbocycles. The standard InChI is InChI=1S/C13H21N5O2/c1-9-3-5-10(6-4-9)17(2)13-8-11(18(19)20)7-12(15-13)16-14/h7-10H,3-6,14H2,1-2H3,(H,15,16). The molecule has 1 aliphatic carbocycles. The number of hydrazine groups is 1. The second-order valence-electron chi connectivity index (χ2n) is 5.49. The van der Waals surface area contributed by atoms with Crippen LogP contribution in [0.5, 0.6) is 0 Å². The molecule has 20 heavy (non-hydrogen) atoms. The number of nitrogen functional groups attached to an aromatic ring is 1. The summed E-state index contributed by atoms with van der Waals surface area (Å²) in [5.41, 5.74) is 2.38. The first kappa shape index (κ1) is 14.5. The van der Waals surface area contributed by atoms with Crippen LogP contribution in [0, 0.1) is 16.0 Å². The molecule has 0 saturated heterocycles. The molecule has 110 valence electrons. The SMILES string of the molecule is CC1CCC(N(C)c2cc([N+](=O)[O-])cc(NN)n2)CC1. The van der Waals surface area contributed by atoms with Gasteiger partial charge in [0.05, 0.1) is 17.1 Å². The van der Waals surface area contributed by atoms with Crippen LogP contribution in [0.4, 0.5) is 17.3 Å². The van der Waals surface area contributed by atoms with Gasteiger partial charge in [0.15, 0.2) is 0 Å². The van der Waals surface area contributed by atoms with Crippen LogP contribution in [0.15, 0.2) is 12.1 Å². The highest BCUT2D eigenvalue weighted by Crippen LogP contribution is 2.30. The molecule has 2 rings (SSSR count). The van der Waals surface area contributed by atoms with E-state index in [1.807, 2.05) is 11.9 Å². The number of aromatic nitrogens is 1. The zero-order chi connectivity index (χ0) is 14.7. The third-order valence-corrected chi connectivity index (χ3v) is 4.05. The Kier molecular flexibility index (Phi) is 4.39. The summed E-state index contributed by atoms with van der Waals surface area (Å²) in [6, 6.07) is 3.21. The normalized spacial score (nSPS) is 22.4. The number of rotatable bonds is 4. The fourth-order valence-electron chi connectivity index (χ4n) is 2.68. The molecular formula is C13H21N5O2. The van der Waals surface area contributed by atoms with Crippen molar-refractivity contribution < 1.29 is 4.92 Å². The van der Waals surface area contributed by atoms with Gasteiger partial charge in [-0.15, -0.1) is 0 Å². The van der Waals surface area contributed by atoms with Crippen LogP contribution in [0.2, 0.25) is 0 Å². The molecule has 1 heterocycles. The number of hydrogen-bond acceptors (Lipinski definition) is 6. The van der Waals surface area contributed by atoms with Crippen molar-refractivity contribution in [2.24, 2.45) is 11.8 Å². The molecule has 1 fully saturated rings. The highest BCUT2D eigenvalue weighted by Gasteiger charge is 2.24.